The summed E-state index contributed by atoms with van der Waals surface area (Å²) in [6.45, 7) is 0. The molecule has 3 aromatic rings. The van der Waals surface area contributed by atoms with E-state index in [1.807, 2.05) is 97.1 Å². The van der Waals surface area contributed by atoms with Crippen LogP contribution in [0.2, 0.25) is 0 Å². The Morgan fingerprint density at radius 1 is 0.696 bits per heavy atom. The molecule has 0 heterocycles. The lowest BCUT2D eigenvalue weighted by Gasteiger charge is -2.00. The Morgan fingerprint density at radius 2 is 1.26 bits per heavy atom. The molecule has 0 radical (unpaired) electrons. The minimum absolute atomic E-state index is 0.643. The van der Waals surface area contributed by atoms with Crippen LogP contribution in [0.15, 0.2) is 101 Å². The summed E-state index contributed by atoms with van der Waals surface area (Å²) in [6, 6.07) is 29.7. The summed E-state index contributed by atoms with van der Waals surface area (Å²) in [5, 5.41) is 0. The van der Waals surface area contributed by atoms with Gasteiger partial charge in [0.05, 0.1) is 5.69 Å². The van der Waals surface area contributed by atoms with E-state index in [9.17, 15) is 0 Å². The highest BCUT2D eigenvalue weighted by atomic mass is 14.9. The van der Waals surface area contributed by atoms with Gasteiger partial charge in [0.15, 0.2) is 5.84 Å². The van der Waals surface area contributed by atoms with Crippen molar-refractivity contribution in [3.05, 3.63) is 102 Å². The molecular weight excluding hydrogens is 280 g/mol. The monoisotopic (exact) mass is 296 g/mol. The molecule has 0 aliphatic rings. The smallest absolute Gasteiger partial charge is 0.169 e. The molecule has 0 saturated carbocycles. The molecule has 0 unspecified atom stereocenters. The van der Waals surface area contributed by atoms with Crippen molar-refractivity contribution < 1.29 is 0 Å². The van der Waals surface area contributed by atoms with Gasteiger partial charge in [-0.05, 0) is 23.6 Å². The van der Waals surface area contributed by atoms with Crippen LogP contribution in [0.1, 0.15) is 11.1 Å². The molecule has 2 heteroatoms. The number of hydrogen-bond acceptors (Lipinski definition) is 1. The van der Waals surface area contributed by atoms with Crippen LogP contribution in [-0.2, 0) is 0 Å². The van der Waals surface area contributed by atoms with Crippen LogP contribution in [0.25, 0.3) is 6.08 Å². The number of rotatable bonds is 3. The molecule has 0 fully saturated rings. The maximum Gasteiger partial charge on any atom is 0.169 e. The molecule has 0 saturated heterocycles. The first kappa shape index (κ1) is 14.7. The number of amidine groups is 1. The van der Waals surface area contributed by atoms with E-state index in [0.29, 0.717) is 5.84 Å². The molecule has 0 atom stereocenters. The molecule has 3 rings (SSSR count). The normalized spacial score (nSPS) is 10.7. The van der Waals surface area contributed by atoms with Gasteiger partial charge < -0.3 is 0 Å². The molecule has 3 aromatic carbocycles. The van der Waals surface area contributed by atoms with Crippen molar-refractivity contribution in [2.75, 3.05) is 0 Å². The second kappa shape index (κ2) is 7.69. The first-order valence-corrected chi connectivity index (χ1v) is 7.45. The Kier molecular flexibility index (Phi) is 4.92. The molecule has 0 bridgehead atoms. The average molecular weight is 296 g/mol. The van der Waals surface area contributed by atoms with E-state index < -0.39 is 0 Å². The van der Waals surface area contributed by atoms with Gasteiger partial charge in [0.2, 0.25) is 0 Å². The van der Waals surface area contributed by atoms with Gasteiger partial charge in [-0.3, -0.25) is 0 Å². The summed E-state index contributed by atoms with van der Waals surface area (Å²) < 4.78 is 0. The van der Waals surface area contributed by atoms with Crippen LogP contribution in [-0.4, -0.2) is 11.7 Å². The highest BCUT2D eigenvalue weighted by Crippen LogP contribution is 2.13. The van der Waals surface area contributed by atoms with Crippen LogP contribution in [0, 0.1) is 0 Å². The SMILES string of the molecule is C(=Cc1ccccc1)=NC(=Nc1ccccc1)c1ccccc1. The zero-order valence-electron chi connectivity index (χ0n) is 12.6. The molecule has 0 spiro atoms. The van der Waals surface area contributed by atoms with E-state index in [2.05, 4.69) is 15.9 Å². The first-order chi connectivity index (χ1) is 11.4. The second-order valence-corrected chi connectivity index (χ2v) is 4.93. The van der Waals surface area contributed by atoms with Gasteiger partial charge in [0.25, 0.3) is 0 Å². The Labute approximate surface area is 136 Å². The number of benzene rings is 3. The third-order valence-electron chi connectivity index (χ3n) is 3.22. The van der Waals surface area contributed by atoms with Gasteiger partial charge in [-0.2, -0.15) is 4.99 Å². The zero-order valence-corrected chi connectivity index (χ0v) is 12.6. The quantitative estimate of drug-likeness (QED) is 0.472. The zero-order chi connectivity index (χ0) is 15.7. The Bertz CT molecular complexity index is 829. The van der Waals surface area contributed by atoms with Crippen molar-refractivity contribution in [3.8, 4) is 0 Å². The summed E-state index contributed by atoms with van der Waals surface area (Å²) in [6.07, 6.45) is 1.85. The van der Waals surface area contributed by atoms with Crippen LogP contribution in [0.4, 0.5) is 5.69 Å². The Hall–Kier alpha value is -3.22. The molecule has 110 valence electrons. The average Bonchev–Trinajstić information content (AvgIpc) is 2.63. The lowest BCUT2D eigenvalue weighted by molar-refractivity contribution is 1.45. The lowest BCUT2D eigenvalue weighted by atomic mass is 10.2. The minimum atomic E-state index is 0.643. The van der Waals surface area contributed by atoms with E-state index in [1.165, 1.54) is 0 Å². The molecule has 2 nitrogen and oxygen atoms in total. The largest absolute Gasteiger partial charge is 0.228 e. The standard InChI is InChI=1S/C21H16N2/c1-4-10-18(11-5-1)16-17-22-21(19-12-6-2-7-13-19)23-20-14-8-3-9-15-20/h1-16H. The Balaban J connectivity index is 1.96. The molecule has 0 N–H and O–H groups in total. The van der Waals surface area contributed by atoms with Gasteiger partial charge >= 0.3 is 0 Å². The molecule has 23 heavy (non-hydrogen) atoms. The number of nitrogens with zero attached hydrogens (tertiary/aromatic N) is 2. The third kappa shape index (κ3) is 4.37. The predicted molar refractivity (Wildman–Crippen MR) is 97.4 cm³/mol. The van der Waals surface area contributed by atoms with Gasteiger partial charge in [0.1, 0.15) is 0 Å². The maximum atomic E-state index is 4.63. The van der Waals surface area contributed by atoms with Crippen LogP contribution < -0.4 is 0 Å². The fourth-order valence-corrected chi connectivity index (χ4v) is 2.08. The van der Waals surface area contributed by atoms with E-state index in [4.69, 9.17) is 0 Å². The number of aliphatic imine (C=N–C) groups is 2. The van der Waals surface area contributed by atoms with E-state index in [-0.39, 0.29) is 0 Å². The fourth-order valence-electron chi connectivity index (χ4n) is 2.08. The molecular formula is C21H16N2. The summed E-state index contributed by atoms with van der Waals surface area (Å²) in [4.78, 5) is 9.06. The summed E-state index contributed by atoms with van der Waals surface area (Å²) in [7, 11) is 0. The van der Waals surface area contributed by atoms with Crippen LogP contribution in [0.3, 0.4) is 0 Å². The third-order valence-corrected chi connectivity index (χ3v) is 3.22. The fraction of sp³-hybridized carbons (Fsp3) is 0. The highest BCUT2D eigenvalue weighted by molar-refractivity contribution is 6.05. The van der Waals surface area contributed by atoms with E-state index >= 15 is 0 Å². The van der Waals surface area contributed by atoms with Crippen LogP contribution in [0.5, 0.6) is 0 Å². The summed E-state index contributed by atoms with van der Waals surface area (Å²) in [5.74, 6) is 3.63. The topological polar surface area (TPSA) is 24.7 Å². The number of para-hydroxylation sites is 1. The lowest BCUT2D eigenvalue weighted by Crippen LogP contribution is -1.95. The predicted octanol–water partition coefficient (Wildman–Crippen LogP) is 5.15. The maximum absolute atomic E-state index is 4.63. The van der Waals surface area contributed by atoms with Crippen molar-refractivity contribution in [1.82, 2.24) is 0 Å². The summed E-state index contributed by atoms with van der Waals surface area (Å²) in [5.41, 5.74) is 2.89. The van der Waals surface area contributed by atoms with Crippen molar-refractivity contribution in [3.63, 3.8) is 0 Å². The highest BCUT2D eigenvalue weighted by Gasteiger charge is 2.00. The van der Waals surface area contributed by atoms with Crippen molar-refractivity contribution in [2.24, 2.45) is 9.98 Å². The molecule has 0 aliphatic carbocycles. The number of hydrogen-bond donors (Lipinski definition) is 0. The van der Waals surface area contributed by atoms with Gasteiger partial charge in [-0.15, -0.1) is 0 Å². The van der Waals surface area contributed by atoms with E-state index in [0.717, 1.165) is 16.8 Å². The van der Waals surface area contributed by atoms with Crippen molar-refractivity contribution in [2.45, 2.75) is 0 Å². The summed E-state index contributed by atoms with van der Waals surface area (Å²) >= 11 is 0. The van der Waals surface area contributed by atoms with Crippen molar-refractivity contribution in [1.29, 1.82) is 0 Å². The van der Waals surface area contributed by atoms with E-state index in [1.54, 1.807) is 0 Å². The first-order valence-electron chi connectivity index (χ1n) is 7.45. The minimum Gasteiger partial charge on any atom is -0.228 e. The van der Waals surface area contributed by atoms with Gasteiger partial charge in [-0.1, -0.05) is 78.9 Å². The van der Waals surface area contributed by atoms with Crippen LogP contribution >= 0.6 is 0 Å². The van der Waals surface area contributed by atoms with Crippen molar-refractivity contribution >= 4 is 23.5 Å². The molecule has 0 aliphatic heterocycles. The van der Waals surface area contributed by atoms with Gasteiger partial charge in [0, 0.05) is 11.6 Å². The second-order valence-electron chi connectivity index (χ2n) is 4.93. The van der Waals surface area contributed by atoms with Gasteiger partial charge in [-0.25, -0.2) is 4.99 Å². The molecule has 0 aromatic heterocycles. The molecule has 0 amide bonds. The Morgan fingerprint density at radius 3 is 1.91 bits per heavy atom.